The third kappa shape index (κ3) is 2.83. The van der Waals surface area contributed by atoms with Gasteiger partial charge in [0.05, 0.1) is 6.04 Å². The van der Waals surface area contributed by atoms with Gasteiger partial charge < -0.3 is 9.72 Å². The molecule has 0 fully saturated rings. The maximum atomic E-state index is 12.4. The first-order valence-electron chi connectivity index (χ1n) is 6.97. The predicted molar refractivity (Wildman–Crippen MR) is 84.7 cm³/mol. The fourth-order valence-corrected chi connectivity index (χ4v) is 3.15. The number of pyridine rings is 1. The van der Waals surface area contributed by atoms with Crippen molar-refractivity contribution in [2.75, 3.05) is 0 Å². The second-order valence-electron chi connectivity index (χ2n) is 5.05. The average Bonchev–Trinajstić information content (AvgIpc) is 3.12. The van der Waals surface area contributed by atoms with Gasteiger partial charge in [-0.25, -0.2) is 4.98 Å². The van der Waals surface area contributed by atoms with E-state index in [1.165, 1.54) is 4.88 Å². The topological polar surface area (TPSA) is 46.4 Å². The quantitative estimate of drug-likeness (QED) is 0.800. The summed E-state index contributed by atoms with van der Waals surface area (Å²) in [6, 6.07) is 8.06. The summed E-state index contributed by atoms with van der Waals surface area (Å²) in [5, 5.41) is 5.08. The molecule has 0 aromatic carbocycles. The SMILES string of the molecule is CC[C@@H](NC(=O)c1cn2ccc(C)cc2n1)c1cccs1. The molecule has 0 spiro atoms. The first-order valence-corrected chi connectivity index (χ1v) is 7.85. The summed E-state index contributed by atoms with van der Waals surface area (Å²) in [4.78, 5) is 17.9. The van der Waals surface area contributed by atoms with Gasteiger partial charge in [-0.05, 0) is 42.5 Å². The van der Waals surface area contributed by atoms with Crippen molar-refractivity contribution in [2.24, 2.45) is 0 Å². The van der Waals surface area contributed by atoms with Crippen molar-refractivity contribution in [3.63, 3.8) is 0 Å². The molecule has 3 aromatic rings. The first-order chi connectivity index (χ1) is 10.2. The number of amides is 1. The highest BCUT2D eigenvalue weighted by molar-refractivity contribution is 7.10. The second-order valence-corrected chi connectivity index (χ2v) is 6.02. The van der Waals surface area contributed by atoms with Crippen LogP contribution in [0.15, 0.2) is 42.0 Å². The Balaban J connectivity index is 1.83. The monoisotopic (exact) mass is 299 g/mol. The highest BCUT2D eigenvalue weighted by atomic mass is 32.1. The molecule has 3 rings (SSSR count). The summed E-state index contributed by atoms with van der Waals surface area (Å²) in [6.07, 6.45) is 4.55. The van der Waals surface area contributed by atoms with E-state index in [0.717, 1.165) is 17.6 Å². The van der Waals surface area contributed by atoms with E-state index in [2.05, 4.69) is 17.2 Å². The Kier molecular flexibility index (Phi) is 3.75. The van der Waals surface area contributed by atoms with Gasteiger partial charge in [0.25, 0.3) is 5.91 Å². The number of hydrogen-bond donors (Lipinski definition) is 1. The van der Waals surface area contributed by atoms with Gasteiger partial charge in [-0.1, -0.05) is 13.0 Å². The van der Waals surface area contributed by atoms with Gasteiger partial charge in [0.1, 0.15) is 11.3 Å². The molecule has 108 valence electrons. The molecule has 5 heteroatoms. The Morgan fingerprint density at radius 1 is 1.48 bits per heavy atom. The fraction of sp³-hybridized carbons (Fsp3) is 0.250. The van der Waals surface area contributed by atoms with Crippen LogP contribution in [0.5, 0.6) is 0 Å². The van der Waals surface area contributed by atoms with Gasteiger partial charge in [0, 0.05) is 17.3 Å². The maximum Gasteiger partial charge on any atom is 0.272 e. The lowest BCUT2D eigenvalue weighted by Crippen LogP contribution is -2.27. The molecule has 1 amide bonds. The number of hydrogen-bond acceptors (Lipinski definition) is 3. The number of imidazole rings is 1. The number of carbonyl (C=O) groups excluding carboxylic acids is 1. The molecule has 0 aliphatic heterocycles. The van der Waals surface area contributed by atoms with Crippen molar-refractivity contribution < 1.29 is 4.79 Å². The molecule has 4 nitrogen and oxygen atoms in total. The van der Waals surface area contributed by atoms with E-state index in [4.69, 9.17) is 0 Å². The zero-order chi connectivity index (χ0) is 14.8. The van der Waals surface area contributed by atoms with E-state index in [1.807, 2.05) is 47.2 Å². The van der Waals surface area contributed by atoms with Crippen LogP contribution in [0.25, 0.3) is 5.65 Å². The van der Waals surface area contributed by atoms with Crippen LogP contribution in [-0.4, -0.2) is 15.3 Å². The van der Waals surface area contributed by atoms with E-state index in [-0.39, 0.29) is 11.9 Å². The van der Waals surface area contributed by atoms with Crippen LogP contribution in [0.2, 0.25) is 0 Å². The maximum absolute atomic E-state index is 12.4. The summed E-state index contributed by atoms with van der Waals surface area (Å²) in [6.45, 7) is 4.08. The van der Waals surface area contributed by atoms with Crippen LogP contribution in [0, 0.1) is 6.92 Å². The summed E-state index contributed by atoms with van der Waals surface area (Å²) in [7, 11) is 0. The van der Waals surface area contributed by atoms with Crippen LogP contribution in [0.1, 0.15) is 40.3 Å². The molecule has 0 bridgehead atoms. The van der Waals surface area contributed by atoms with Crippen molar-refractivity contribution in [1.82, 2.24) is 14.7 Å². The van der Waals surface area contributed by atoms with Crippen LogP contribution < -0.4 is 5.32 Å². The number of nitrogens with zero attached hydrogens (tertiary/aromatic N) is 2. The minimum Gasteiger partial charge on any atom is -0.343 e. The smallest absolute Gasteiger partial charge is 0.272 e. The summed E-state index contributed by atoms with van der Waals surface area (Å²) < 4.78 is 1.87. The van der Waals surface area contributed by atoms with Gasteiger partial charge in [0.15, 0.2) is 0 Å². The minimum absolute atomic E-state index is 0.0454. The molecule has 21 heavy (non-hydrogen) atoms. The number of rotatable bonds is 4. The average molecular weight is 299 g/mol. The van der Waals surface area contributed by atoms with Crippen molar-refractivity contribution in [2.45, 2.75) is 26.3 Å². The minimum atomic E-state index is -0.128. The Morgan fingerprint density at radius 2 is 2.33 bits per heavy atom. The number of carbonyl (C=O) groups is 1. The fourth-order valence-electron chi connectivity index (χ4n) is 2.29. The van der Waals surface area contributed by atoms with E-state index < -0.39 is 0 Å². The van der Waals surface area contributed by atoms with Gasteiger partial charge in [0.2, 0.25) is 0 Å². The molecule has 1 N–H and O–H groups in total. The highest BCUT2D eigenvalue weighted by Gasteiger charge is 2.17. The molecule has 3 aromatic heterocycles. The molecule has 0 saturated heterocycles. The van der Waals surface area contributed by atoms with Gasteiger partial charge in [-0.2, -0.15) is 0 Å². The van der Waals surface area contributed by atoms with E-state index in [0.29, 0.717) is 5.69 Å². The third-order valence-corrected chi connectivity index (χ3v) is 4.43. The molecule has 0 aliphatic carbocycles. The number of aryl methyl sites for hydroxylation is 1. The molecule has 1 atom stereocenters. The van der Waals surface area contributed by atoms with Crippen LogP contribution >= 0.6 is 11.3 Å². The van der Waals surface area contributed by atoms with Crippen molar-refractivity contribution in [3.05, 3.63) is 58.2 Å². The molecule has 0 saturated carbocycles. The largest absolute Gasteiger partial charge is 0.343 e. The molecule has 0 radical (unpaired) electrons. The van der Waals surface area contributed by atoms with E-state index in [9.17, 15) is 4.79 Å². The first kappa shape index (κ1) is 13.8. The van der Waals surface area contributed by atoms with Crippen LogP contribution in [0.4, 0.5) is 0 Å². The summed E-state index contributed by atoms with van der Waals surface area (Å²) in [5.41, 5.74) is 2.38. The highest BCUT2D eigenvalue weighted by Crippen LogP contribution is 2.22. The standard InChI is InChI=1S/C16H17N3OS/c1-3-12(14-5-4-8-21-14)18-16(20)13-10-19-7-6-11(2)9-15(19)17-13/h4-10,12H,3H2,1-2H3,(H,18,20)/t12-/m1/s1. The Labute approximate surface area is 127 Å². The number of thiophene rings is 1. The lowest BCUT2D eigenvalue weighted by Gasteiger charge is -2.14. The zero-order valence-electron chi connectivity index (χ0n) is 12.0. The van der Waals surface area contributed by atoms with Crippen LogP contribution in [-0.2, 0) is 0 Å². The number of aromatic nitrogens is 2. The molecule has 0 unspecified atom stereocenters. The molecular weight excluding hydrogens is 282 g/mol. The molecule has 0 aliphatic rings. The lowest BCUT2D eigenvalue weighted by molar-refractivity contribution is 0.0932. The Bertz CT molecular complexity index is 761. The summed E-state index contributed by atoms with van der Waals surface area (Å²) >= 11 is 1.66. The van der Waals surface area contributed by atoms with Gasteiger partial charge >= 0.3 is 0 Å². The van der Waals surface area contributed by atoms with Crippen molar-refractivity contribution >= 4 is 22.9 Å². The Morgan fingerprint density at radius 3 is 3.05 bits per heavy atom. The van der Waals surface area contributed by atoms with Crippen molar-refractivity contribution in [1.29, 1.82) is 0 Å². The lowest BCUT2D eigenvalue weighted by atomic mass is 10.2. The van der Waals surface area contributed by atoms with Gasteiger partial charge in [-0.15, -0.1) is 11.3 Å². The predicted octanol–water partition coefficient (Wildman–Crippen LogP) is 3.59. The molecular formula is C16H17N3OS. The number of fused-ring (bicyclic) bond motifs is 1. The number of nitrogens with one attached hydrogen (secondary N) is 1. The van der Waals surface area contributed by atoms with E-state index >= 15 is 0 Å². The van der Waals surface area contributed by atoms with Crippen LogP contribution in [0.3, 0.4) is 0 Å². The third-order valence-electron chi connectivity index (χ3n) is 3.45. The zero-order valence-corrected chi connectivity index (χ0v) is 12.9. The summed E-state index contributed by atoms with van der Waals surface area (Å²) in [5.74, 6) is -0.128. The van der Waals surface area contributed by atoms with Gasteiger partial charge in [-0.3, -0.25) is 4.79 Å². The Hall–Kier alpha value is -2.14. The normalized spacial score (nSPS) is 12.5. The second kappa shape index (κ2) is 5.69. The van der Waals surface area contributed by atoms with Crippen molar-refractivity contribution in [3.8, 4) is 0 Å². The molecule has 3 heterocycles. The van der Waals surface area contributed by atoms with E-state index in [1.54, 1.807) is 17.5 Å².